The van der Waals surface area contributed by atoms with Gasteiger partial charge in [0.15, 0.2) is 11.5 Å². The van der Waals surface area contributed by atoms with Gasteiger partial charge in [0.25, 0.3) is 0 Å². The van der Waals surface area contributed by atoms with Gasteiger partial charge in [-0.15, -0.1) is 0 Å². The quantitative estimate of drug-likeness (QED) is 0.333. The third-order valence-corrected chi connectivity index (χ3v) is 5.53. The average molecular weight is 423 g/mol. The zero-order chi connectivity index (χ0) is 22.3. The van der Waals surface area contributed by atoms with Gasteiger partial charge in [-0.05, 0) is 65.2 Å². The van der Waals surface area contributed by atoms with Crippen molar-refractivity contribution in [3.05, 3.63) is 102 Å². The van der Waals surface area contributed by atoms with E-state index in [1.165, 1.54) is 16.5 Å². The summed E-state index contributed by atoms with van der Waals surface area (Å²) in [5.41, 5.74) is 3.92. The van der Waals surface area contributed by atoms with Crippen LogP contribution < -0.4 is 14.4 Å². The number of rotatable bonds is 8. The van der Waals surface area contributed by atoms with E-state index in [9.17, 15) is 0 Å². The highest BCUT2D eigenvalue weighted by atomic mass is 16.5. The molecule has 160 valence electrons. The lowest BCUT2D eigenvalue weighted by molar-refractivity contribution is 0.284. The molecule has 32 heavy (non-hydrogen) atoms. The Morgan fingerprint density at radius 3 is 2.44 bits per heavy atom. The van der Waals surface area contributed by atoms with Crippen molar-refractivity contribution in [2.75, 3.05) is 18.6 Å². The Balaban J connectivity index is 1.50. The minimum atomic E-state index is 0.378. The first kappa shape index (κ1) is 21.3. The predicted molar refractivity (Wildman–Crippen MR) is 129 cm³/mol. The van der Waals surface area contributed by atoms with Crippen molar-refractivity contribution in [1.82, 2.24) is 0 Å². The highest BCUT2D eigenvalue weighted by Crippen LogP contribution is 2.30. The van der Waals surface area contributed by atoms with Gasteiger partial charge in [-0.2, -0.15) is 5.26 Å². The SMILES string of the molecule is CCN(Cc1ccc(OCc2cccc(C#N)c2)c(OC)c1)c1ccc2ccccc2c1. The van der Waals surface area contributed by atoms with Crippen molar-refractivity contribution in [1.29, 1.82) is 5.26 Å². The molecule has 0 amide bonds. The number of hydrogen-bond donors (Lipinski definition) is 0. The van der Waals surface area contributed by atoms with E-state index in [0.29, 0.717) is 23.7 Å². The van der Waals surface area contributed by atoms with E-state index in [4.69, 9.17) is 14.7 Å². The Bertz CT molecular complexity index is 1260. The summed E-state index contributed by atoms with van der Waals surface area (Å²) in [6.07, 6.45) is 0. The Morgan fingerprint density at radius 2 is 1.66 bits per heavy atom. The predicted octanol–water partition coefficient (Wildman–Crippen LogP) is 6.33. The summed E-state index contributed by atoms with van der Waals surface area (Å²) in [6, 6.07) is 30.7. The Labute approximate surface area is 189 Å². The van der Waals surface area contributed by atoms with E-state index in [0.717, 1.165) is 24.2 Å². The van der Waals surface area contributed by atoms with Crippen molar-refractivity contribution in [2.24, 2.45) is 0 Å². The summed E-state index contributed by atoms with van der Waals surface area (Å²) >= 11 is 0. The standard InChI is InChI=1S/C28H26N2O2/c1-3-30(26-13-12-24-9-4-5-10-25(24)17-26)19-22-11-14-27(28(16-22)31-2)32-20-23-8-6-7-21(15-23)18-29/h4-17H,3,19-20H2,1-2H3. The molecule has 4 nitrogen and oxygen atoms in total. The second kappa shape index (κ2) is 9.89. The lowest BCUT2D eigenvalue weighted by Crippen LogP contribution is -2.21. The molecular formula is C28H26N2O2. The molecule has 0 saturated carbocycles. The zero-order valence-electron chi connectivity index (χ0n) is 18.4. The number of nitrogens with zero attached hydrogens (tertiary/aromatic N) is 2. The molecular weight excluding hydrogens is 396 g/mol. The molecule has 4 aromatic carbocycles. The first-order chi connectivity index (χ1) is 15.7. The molecule has 0 atom stereocenters. The van der Waals surface area contributed by atoms with Gasteiger partial charge >= 0.3 is 0 Å². The number of nitriles is 1. The number of ether oxygens (including phenoxy) is 2. The topological polar surface area (TPSA) is 45.5 Å². The smallest absolute Gasteiger partial charge is 0.161 e. The van der Waals surface area contributed by atoms with Gasteiger partial charge in [0.05, 0.1) is 18.7 Å². The fourth-order valence-electron chi connectivity index (χ4n) is 3.80. The van der Waals surface area contributed by atoms with Crippen LogP contribution in [0.25, 0.3) is 10.8 Å². The summed E-state index contributed by atoms with van der Waals surface area (Å²) in [7, 11) is 1.66. The Kier molecular flexibility index (Phi) is 6.57. The van der Waals surface area contributed by atoms with E-state index in [1.807, 2.05) is 30.3 Å². The number of benzene rings is 4. The molecule has 0 saturated heterocycles. The van der Waals surface area contributed by atoms with Crippen LogP contribution in [0.3, 0.4) is 0 Å². The molecule has 4 rings (SSSR count). The Hall–Kier alpha value is -3.97. The van der Waals surface area contributed by atoms with E-state index in [1.54, 1.807) is 13.2 Å². The average Bonchev–Trinajstić information content (AvgIpc) is 2.86. The van der Waals surface area contributed by atoms with Crippen molar-refractivity contribution in [2.45, 2.75) is 20.1 Å². The third-order valence-electron chi connectivity index (χ3n) is 5.53. The molecule has 4 heteroatoms. The highest BCUT2D eigenvalue weighted by molar-refractivity contribution is 5.85. The second-order valence-electron chi connectivity index (χ2n) is 7.63. The molecule has 0 unspecified atom stereocenters. The lowest BCUT2D eigenvalue weighted by Gasteiger charge is -2.24. The summed E-state index contributed by atoms with van der Waals surface area (Å²) in [4.78, 5) is 2.34. The van der Waals surface area contributed by atoms with Gasteiger partial charge in [0.1, 0.15) is 6.61 Å². The van der Waals surface area contributed by atoms with E-state index in [2.05, 4.69) is 66.4 Å². The van der Waals surface area contributed by atoms with Crippen LogP contribution in [-0.2, 0) is 13.2 Å². The fourth-order valence-corrected chi connectivity index (χ4v) is 3.80. The van der Waals surface area contributed by atoms with Crippen LogP contribution in [0.5, 0.6) is 11.5 Å². The van der Waals surface area contributed by atoms with Crippen molar-refractivity contribution >= 4 is 16.5 Å². The van der Waals surface area contributed by atoms with E-state index >= 15 is 0 Å². The summed E-state index contributed by atoms with van der Waals surface area (Å²) < 4.78 is 11.6. The normalized spacial score (nSPS) is 10.5. The summed E-state index contributed by atoms with van der Waals surface area (Å²) in [6.45, 7) is 4.21. The van der Waals surface area contributed by atoms with Gasteiger partial charge < -0.3 is 14.4 Å². The molecule has 4 aromatic rings. The van der Waals surface area contributed by atoms with Crippen LogP contribution in [0.4, 0.5) is 5.69 Å². The molecule has 0 aliphatic heterocycles. The van der Waals surface area contributed by atoms with Crippen LogP contribution >= 0.6 is 0 Å². The monoisotopic (exact) mass is 422 g/mol. The maximum Gasteiger partial charge on any atom is 0.161 e. The van der Waals surface area contributed by atoms with Gasteiger partial charge in [0.2, 0.25) is 0 Å². The zero-order valence-corrected chi connectivity index (χ0v) is 18.4. The van der Waals surface area contributed by atoms with Crippen molar-refractivity contribution in [3.63, 3.8) is 0 Å². The van der Waals surface area contributed by atoms with Crippen LogP contribution in [0, 0.1) is 11.3 Å². The molecule has 0 aliphatic rings. The molecule has 0 radical (unpaired) electrons. The summed E-state index contributed by atoms with van der Waals surface area (Å²) in [5, 5.41) is 11.6. The highest BCUT2D eigenvalue weighted by Gasteiger charge is 2.11. The van der Waals surface area contributed by atoms with Crippen LogP contribution in [-0.4, -0.2) is 13.7 Å². The molecule has 0 spiro atoms. The molecule has 0 bridgehead atoms. The number of hydrogen-bond acceptors (Lipinski definition) is 4. The maximum absolute atomic E-state index is 9.07. The largest absolute Gasteiger partial charge is 0.493 e. The number of anilines is 1. The summed E-state index contributed by atoms with van der Waals surface area (Å²) in [5.74, 6) is 1.39. The van der Waals surface area contributed by atoms with E-state index < -0.39 is 0 Å². The maximum atomic E-state index is 9.07. The first-order valence-electron chi connectivity index (χ1n) is 10.7. The molecule has 0 N–H and O–H groups in total. The van der Waals surface area contributed by atoms with Crippen LogP contribution in [0.1, 0.15) is 23.6 Å². The van der Waals surface area contributed by atoms with Gasteiger partial charge in [-0.1, -0.05) is 48.5 Å². The van der Waals surface area contributed by atoms with Gasteiger partial charge in [-0.25, -0.2) is 0 Å². The second-order valence-corrected chi connectivity index (χ2v) is 7.63. The number of fused-ring (bicyclic) bond motifs is 1. The van der Waals surface area contributed by atoms with Gasteiger partial charge in [-0.3, -0.25) is 0 Å². The van der Waals surface area contributed by atoms with Crippen LogP contribution in [0.15, 0.2) is 84.9 Å². The minimum absolute atomic E-state index is 0.378. The number of methoxy groups -OCH3 is 1. The Morgan fingerprint density at radius 1 is 0.812 bits per heavy atom. The first-order valence-corrected chi connectivity index (χ1v) is 10.7. The van der Waals surface area contributed by atoms with Gasteiger partial charge in [0, 0.05) is 18.8 Å². The molecule has 0 aromatic heterocycles. The van der Waals surface area contributed by atoms with Crippen LogP contribution in [0.2, 0.25) is 0 Å². The van der Waals surface area contributed by atoms with Crippen molar-refractivity contribution < 1.29 is 9.47 Å². The molecule has 0 aliphatic carbocycles. The fraction of sp³-hybridized carbons (Fsp3) is 0.179. The minimum Gasteiger partial charge on any atom is -0.493 e. The third kappa shape index (κ3) is 4.84. The molecule has 0 fully saturated rings. The molecule has 0 heterocycles. The lowest BCUT2D eigenvalue weighted by atomic mass is 10.1. The van der Waals surface area contributed by atoms with E-state index in [-0.39, 0.29) is 0 Å². The van der Waals surface area contributed by atoms with Crippen molar-refractivity contribution in [3.8, 4) is 17.6 Å².